The van der Waals surface area contributed by atoms with E-state index in [0.29, 0.717) is 11.3 Å². The van der Waals surface area contributed by atoms with Crippen molar-refractivity contribution >= 4 is 11.6 Å². The van der Waals surface area contributed by atoms with E-state index in [1.807, 2.05) is 0 Å². The molecule has 0 fully saturated rings. The number of rotatable bonds is 8. The summed E-state index contributed by atoms with van der Waals surface area (Å²) in [6.07, 6.45) is -4.77. The number of alkyl halides is 5. The van der Waals surface area contributed by atoms with Gasteiger partial charge in [0.05, 0.1) is 13.2 Å². The Hall–Kier alpha value is -3.24. The van der Waals surface area contributed by atoms with Crippen LogP contribution in [0.4, 0.5) is 27.6 Å². The molecule has 0 radical (unpaired) electrons. The van der Waals surface area contributed by atoms with E-state index in [2.05, 4.69) is 19.8 Å². The molecule has 0 atom stereocenters. The quantitative estimate of drug-likeness (QED) is 0.374. The molecule has 6 nitrogen and oxygen atoms in total. The molecule has 0 saturated heterocycles. The number of ether oxygens (including phenoxy) is 3. The number of aliphatic imine (C=N–C) groups is 1. The predicted molar refractivity (Wildman–Crippen MR) is 96.3 cm³/mol. The van der Waals surface area contributed by atoms with Crippen LogP contribution in [-0.2, 0) is 6.54 Å². The lowest BCUT2D eigenvalue weighted by Crippen LogP contribution is -2.22. The fourth-order valence-electron chi connectivity index (χ4n) is 2.22. The van der Waals surface area contributed by atoms with Gasteiger partial charge in [-0.3, -0.25) is 0 Å². The van der Waals surface area contributed by atoms with Crippen molar-refractivity contribution in [2.75, 3.05) is 11.9 Å². The molecule has 11 heteroatoms. The Kier molecular flexibility index (Phi) is 7.46. The van der Waals surface area contributed by atoms with Gasteiger partial charge >= 0.3 is 13.0 Å². The molecule has 158 valence electrons. The lowest BCUT2D eigenvalue weighted by molar-refractivity contribution is -0.274. The summed E-state index contributed by atoms with van der Waals surface area (Å²) >= 11 is 0. The highest BCUT2D eigenvalue weighted by Gasteiger charge is 2.30. The van der Waals surface area contributed by atoms with E-state index < -0.39 is 13.0 Å². The Morgan fingerprint density at radius 2 is 1.79 bits per heavy atom. The smallest absolute Gasteiger partial charge is 0.490 e. The van der Waals surface area contributed by atoms with Gasteiger partial charge < -0.3 is 25.3 Å². The second-order valence-corrected chi connectivity index (χ2v) is 5.49. The Balaban J connectivity index is 2.00. The molecule has 0 unspecified atom stereocenters. The van der Waals surface area contributed by atoms with E-state index in [0.717, 1.165) is 12.1 Å². The van der Waals surface area contributed by atoms with E-state index in [-0.39, 0.29) is 36.4 Å². The Morgan fingerprint density at radius 1 is 1.10 bits per heavy atom. The normalized spacial score (nSPS) is 12.0. The zero-order valence-corrected chi connectivity index (χ0v) is 15.2. The van der Waals surface area contributed by atoms with Crippen LogP contribution in [0.3, 0.4) is 0 Å². The lowest BCUT2D eigenvalue weighted by atomic mass is 10.2. The monoisotopic (exact) mass is 419 g/mol. The number of benzene rings is 2. The molecule has 0 heterocycles. The van der Waals surface area contributed by atoms with Crippen molar-refractivity contribution in [3.05, 3.63) is 48.0 Å². The van der Waals surface area contributed by atoms with Crippen LogP contribution in [0.2, 0.25) is 0 Å². The number of hydrogen-bond donors (Lipinski definition) is 2. The summed E-state index contributed by atoms with van der Waals surface area (Å²) in [6.45, 7) is -0.928. The van der Waals surface area contributed by atoms with Gasteiger partial charge in [-0.25, -0.2) is 4.99 Å². The third-order valence-electron chi connectivity index (χ3n) is 3.32. The molecule has 0 amide bonds. The Morgan fingerprint density at radius 3 is 2.38 bits per heavy atom. The zero-order valence-electron chi connectivity index (χ0n) is 15.2. The minimum absolute atomic E-state index is 0.000330. The molecular formula is C18H18F5N3O3. The molecule has 3 N–H and O–H groups in total. The maximum Gasteiger partial charge on any atom is 0.573 e. The van der Waals surface area contributed by atoms with Gasteiger partial charge in [0.1, 0.15) is 5.75 Å². The van der Waals surface area contributed by atoms with Crippen molar-refractivity contribution in [3.8, 4) is 17.2 Å². The highest BCUT2D eigenvalue weighted by Crippen LogP contribution is 2.30. The number of guanidine groups is 1. The van der Waals surface area contributed by atoms with Gasteiger partial charge in [0.25, 0.3) is 0 Å². The zero-order chi connectivity index (χ0) is 21.4. The Bertz CT molecular complexity index is 826. The molecule has 2 aromatic rings. The minimum atomic E-state index is -4.77. The van der Waals surface area contributed by atoms with Crippen molar-refractivity contribution in [3.63, 3.8) is 0 Å². The van der Waals surface area contributed by atoms with Crippen LogP contribution in [0.1, 0.15) is 12.5 Å². The second kappa shape index (κ2) is 9.80. The van der Waals surface area contributed by atoms with E-state index >= 15 is 0 Å². The maximum absolute atomic E-state index is 12.4. The first-order valence-corrected chi connectivity index (χ1v) is 8.29. The first-order valence-electron chi connectivity index (χ1n) is 8.29. The van der Waals surface area contributed by atoms with Crippen LogP contribution in [0.5, 0.6) is 17.2 Å². The van der Waals surface area contributed by atoms with E-state index in [9.17, 15) is 22.0 Å². The molecule has 0 aliphatic carbocycles. The predicted octanol–water partition coefficient (Wildman–Crippen LogP) is 4.51. The van der Waals surface area contributed by atoms with Gasteiger partial charge in [0, 0.05) is 5.69 Å². The van der Waals surface area contributed by atoms with Crippen LogP contribution in [0.25, 0.3) is 0 Å². The average Bonchev–Trinajstić information content (AvgIpc) is 2.62. The highest BCUT2D eigenvalue weighted by molar-refractivity contribution is 5.92. The van der Waals surface area contributed by atoms with Crippen LogP contribution < -0.4 is 25.3 Å². The van der Waals surface area contributed by atoms with Gasteiger partial charge in [-0.15, -0.1) is 13.2 Å². The first kappa shape index (κ1) is 22.1. The molecule has 0 spiro atoms. The largest absolute Gasteiger partial charge is 0.573 e. The Labute approximate surface area is 163 Å². The number of halogens is 5. The van der Waals surface area contributed by atoms with Crippen molar-refractivity contribution in [2.24, 2.45) is 10.7 Å². The summed E-state index contributed by atoms with van der Waals surface area (Å²) in [6, 6.07) is 9.30. The molecule has 0 saturated carbocycles. The molecule has 2 rings (SSSR count). The first-order chi connectivity index (χ1) is 13.7. The molecule has 0 aromatic heterocycles. The molecular weight excluding hydrogens is 401 g/mol. The van der Waals surface area contributed by atoms with Gasteiger partial charge in [-0.1, -0.05) is 6.07 Å². The van der Waals surface area contributed by atoms with E-state index in [1.165, 1.54) is 30.3 Å². The number of nitrogens with one attached hydrogen (secondary N) is 1. The fraction of sp³-hybridized carbons (Fsp3) is 0.278. The number of nitrogens with zero attached hydrogens (tertiary/aromatic N) is 1. The van der Waals surface area contributed by atoms with Gasteiger partial charge in [-0.2, -0.15) is 8.78 Å². The average molecular weight is 419 g/mol. The third-order valence-corrected chi connectivity index (χ3v) is 3.32. The summed E-state index contributed by atoms with van der Waals surface area (Å²) in [5, 5.41) is 2.72. The van der Waals surface area contributed by atoms with Crippen molar-refractivity contribution in [1.82, 2.24) is 0 Å². The van der Waals surface area contributed by atoms with Crippen molar-refractivity contribution in [2.45, 2.75) is 26.4 Å². The summed E-state index contributed by atoms with van der Waals surface area (Å²) < 4.78 is 74.7. The van der Waals surface area contributed by atoms with Crippen LogP contribution in [0, 0.1) is 0 Å². The molecule has 0 aliphatic rings. The lowest BCUT2D eigenvalue weighted by Gasteiger charge is -2.12. The SMILES string of the molecule is CCOc1cc(CN=C(N)Nc2ccc(OC(F)(F)F)cc2)ccc1OC(F)F. The van der Waals surface area contributed by atoms with Gasteiger partial charge in [0.2, 0.25) is 0 Å². The summed E-state index contributed by atoms with van der Waals surface area (Å²) in [7, 11) is 0. The molecule has 2 aromatic carbocycles. The van der Waals surface area contributed by atoms with Crippen LogP contribution in [0.15, 0.2) is 47.5 Å². The third kappa shape index (κ3) is 7.72. The van der Waals surface area contributed by atoms with Crippen LogP contribution >= 0.6 is 0 Å². The van der Waals surface area contributed by atoms with Crippen molar-refractivity contribution < 1.29 is 36.2 Å². The topological polar surface area (TPSA) is 78.1 Å². The van der Waals surface area contributed by atoms with Crippen LogP contribution in [-0.4, -0.2) is 25.5 Å². The summed E-state index contributed by atoms with van der Waals surface area (Å²) in [5.74, 6) is -0.317. The highest BCUT2D eigenvalue weighted by atomic mass is 19.4. The van der Waals surface area contributed by atoms with Gasteiger partial charge in [0.15, 0.2) is 17.5 Å². The molecule has 29 heavy (non-hydrogen) atoms. The fourth-order valence-corrected chi connectivity index (χ4v) is 2.22. The van der Waals surface area contributed by atoms with E-state index in [1.54, 1.807) is 6.92 Å². The van der Waals surface area contributed by atoms with E-state index in [4.69, 9.17) is 10.5 Å². The number of anilines is 1. The summed E-state index contributed by atoms with van der Waals surface area (Å²) in [5.41, 5.74) is 6.78. The summed E-state index contributed by atoms with van der Waals surface area (Å²) in [4.78, 5) is 4.09. The molecule has 0 bridgehead atoms. The minimum Gasteiger partial charge on any atom is -0.490 e. The van der Waals surface area contributed by atoms with Crippen molar-refractivity contribution in [1.29, 1.82) is 0 Å². The second-order valence-electron chi connectivity index (χ2n) is 5.49. The molecule has 0 aliphatic heterocycles. The number of nitrogens with two attached hydrogens (primary N) is 1. The van der Waals surface area contributed by atoms with Gasteiger partial charge in [-0.05, 0) is 48.9 Å². The maximum atomic E-state index is 12.4. The standard InChI is InChI=1S/C18H18F5N3O3/c1-2-27-15-9-11(3-8-14(15)28-16(19)20)10-25-17(24)26-12-4-6-13(7-5-12)29-18(21,22)23/h3-9,16H,2,10H2,1H3,(H3,24,25,26). The number of hydrogen-bond acceptors (Lipinski definition) is 4.